The summed E-state index contributed by atoms with van der Waals surface area (Å²) in [5, 5.41) is 9.31. The average Bonchev–Trinajstić information content (AvgIpc) is 2.82. The number of ether oxygens (including phenoxy) is 1. The molecule has 0 bridgehead atoms. The number of rotatable bonds is 7. The highest BCUT2D eigenvalue weighted by molar-refractivity contribution is 14.0. The third kappa shape index (κ3) is 7.42. The molecule has 9 heteroatoms. The Labute approximate surface area is 205 Å². The summed E-state index contributed by atoms with van der Waals surface area (Å²) >= 11 is 0. The molecule has 1 amide bonds. The molecule has 32 heavy (non-hydrogen) atoms. The van der Waals surface area contributed by atoms with Crippen molar-refractivity contribution in [2.24, 2.45) is 4.99 Å². The van der Waals surface area contributed by atoms with Crippen LogP contribution in [0.1, 0.15) is 27.5 Å². The van der Waals surface area contributed by atoms with E-state index in [1.165, 1.54) is 12.1 Å². The number of guanidine groups is 1. The van der Waals surface area contributed by atoms with E-state index in [2.05, 4.69) is 25.8 Å². The Hall–Kier alpha value is -2.24. The lowest BCUT2D eigenvalue weighted by Crippen LogP contribution is -2.46. The minimum absolute atomic E-state index is 0. The summed E-state index contributed by atoms with van der Waals surface area (Å²) < 4.78 is 18.9. The van der Waals surface area contributed by atoms with Crippen LogP contribution in [0.3, 0.4) is 0 Å². The first-order valence-electron chi connectivity index (χ1n) is 10.4. The van der Waals surface area contributed by atoms with Crippen molar-refractivity contribution in [3.8, 4) is 0 Å². The number of nitrogens with zero attached hydrogens (tertiary/aromatic N) is 2. The molecule has 0 aliphatic carbocycles. The van der Waals surface area contributed by atoms with Crippen molar-refractivity contribution in [3.63, 3.8) is 0 Å². The minimum Gasteiger partial charge on any atom is -0.379 e. The summed E-state index contributed by atoms with van der Waals surface area (Å²) in [5.41, 5.74) is 2.64. The first kappa shape index (κ1) is 26.0. The Kier molecular flexibility index (Phi) is 10.8. The van der Waals surface area contributed by atoms with E-state index in [-0.39, 0.29) is 41.7 Å². The second kappa shape index (κ2) is 13.3. The minimum atomic E-state index is -0.242. The van der Waals surface area contributed by atoms with Crippen LogP contribution in [0, 0.1) is 5.82 Å². The predicted octanol–water partition coefficient (Wildman–Crippen LogP) is 2.54. The van der Waals surface area contributed by atoms with Gasteiger partial charge in [-0.15, -0.1) is 24.0 Å². The molecule has 3 N–H and O–H groups in total. The molecule has 7 nitrogen and oxygen atoms in total. The maximum absolute atomic E-state index is 13.4. The predicted molar refractivity (Wildman–Crippen MR) is 135 cm³/mol. The normalized spacial score (nSPS) is 15.4. The van der Waals surface area contributed by atoms with Crippen molar-refractivity contribution >= 4 is 35.8 Å². The van der Waals surface area contributed by atoms with Crippen LogP contribution in [-0.4, -0.2) is 63.7 Å². The van der Waals surface area contributed by atoms with Gasteiger partial charge >= 0.3 is 0 Å². The number of nitrogens with one attached hydrogen (secondary N) is 3. The molecule has 1 saturated heterocycles. The van der Waals surface area contributed by atoms with E-state index in [1.807, 2.05) is 30.3 Å². The van der Waals surface area contributed by atoms with E-state index in [0.717, 1.165) is 24.2 Å². The van der Waals surface area contributed by atoms with Gasteiger partial charge in [-0.2, -0.15) is 0 Å². The van der Waals surface area contributed by atoms with E-state index >= 15 is 0 Å². The molecule has 0 saturated carbocycles. The summed E-state index contributed by atoms with van der Waals surface area (Å²) in [7, 11) is 3.34. The molecule has 0 aromatic heterocycles. The Bertz CT molecular complexity index is 888. The number of hydrogen-bond acceptors (Lipinski definition) is 4. The fraction of sp³-hybridized carbons (Fsp3) is 0.391. The Balaban J connectivity index is 0.00000363. The topological polar surface area (TPSA) is 78.0 Å². The van der Waals surface area contributed by atoms with E-state index in [0.29, 0.717) is 37.8 Å². The fourth-order valence-electron chi connectivity index (χ4n) is 3.60. The van der Waals surface area contributed by atoms with Crippen molar-refractivity contribution in [2.45, 2.75) is 12.6 Å². The van der Waals surface area contributed by atoms with Gasteiger partial charge in [0.2, 0.25) is 0 Å². The van der Waals surface area contributed by atoms with Gasteiger partial charge in [-0.1, -0.05) is 24.3 Å². The van der Waals surface area contributed by atoms with Crippen LogP contribution in [-0.2, 0) is 11.3 Å². The zero-order valence-corrected chi connectivity index (χ0v) is 20.8. The number of carbonyl (C=O) groups is 1. The smallest absolute Gasteiger partial charge is 0.251 e. The van der Waals surface area contributed by atoms with Gasteiger partial charge in [0, 0.05) is 45.8 Å². The molecule has 1 atom stereocenters. The zero-order valence-electron chi connectivity index (χ0n) is 18.4. The van der Waals surface area contributed by atoms with E-state index in [4.69, 9.17) is 4.74 Å². The number of amides is 1. The van der Waals surface area contributed by atoms with Crippen molar-refractivity contribution < 1.29 is 13.9 Å². The number of benzene rings is 2. The van der Waals surface area contributed by atoms with Gasteiger partial charge in [-0.05, 0) is 35.4 Å². The van der Waals surface area contributed by atoms with Crippen LogP contribution in [0.5, 0.6) is 0 Å². The van der Waals surface area contributed by atoms with Gasteiger partial charge in [-0.25, -0.2) is 4.39 Å². The van der Waals surface area contributed by atoms with E-state index in [9.17, 15) is 9.18 Å². The van der Waals surface area contributed by atoms with Gasteiger partial charge in [0.1, 0.15) is 5.82 Å². The summed E-state index contributed by atoms with van der Waals surface area (Å²) in [6, 6.07) is 14.2. The van der Waals surface area contributed by atoms with Crippen LogP contribution >= 0.6 is 24.0 Å². The average molecular weight is 555 g/mol. The van der Waals surface area contributed by atoms with Crippen LogP contribution < -0.4 is 16.0 Å². The Morgan fingerprint density at radius 1 is 1.16 bits per heavy atom. The Morgan fingerprint density at radius 2 is 1.88 bits per heavy atom. The van der Waals surface area contributed by atoms with Crippen LogP contribution in [0.15, 0.2) is 53.5 Å². The lowest BCUT2D eigenvalue weighted by molar-refractivity contribution is 0.0170. The van der Waals surface area contributed by atoms with Gasteiger partial charge < -0.3 is 20.7 Å². The number of hydrogen-bond donors (Lipinski definition) is 3. The van der Waals surface area contributed by atoms with E-state index in [1.54, 1.807) is 20.2 Å². The van der Waals surface area contributed by atoms with Gasteiger partial charge in [0.25, 0.3) is 5.91 Å². The number of morpholine rings is 1. The quantitative estimate of drug-likeness (QED) is 0.278. The third-order valence-electron chi connectivity index (χ3n) is 5.30. The third-order valence-corrected chi connectivity index (χ3v) is 5.30. The van der Waals surface area contributed by atoms with Crippen molar-refractivity contribution in [2.75, 3.05) is 46.9 Å². The maximum Gasteiger partial charge on any atom is 0.251 e. The first-order valence-corrected chi connectivity index (χ1v) is 10.4. The molecule has 174 valence electrons. The monoisotopic (exact) mass is 555 g/mol. The standard InChI is InChI=1S/C23H30FN5O2.HI/c1-25-22(30)19-5-3-4-17(14-19)15-27-23(26-2)28-16-21(29-10-12-31-13-11-29)18-6-8-20(24)9-7-18;/h3-9,14,21H,10-13,15-16H2,1-2H3,(H,25,30)(H2,26,27,28);1H. The number of carbonyl (C=O) groups excluding carboxylic acids is 1. The molecule has 1 heterocycles. The lowest BCUT2D eigenvalue weighted by Gasteiger charge is -2.35. The summed E-state index contributed by atoms with van der Waals surface area (Å²) in [4.78, 5) is 18.5. The lowest BCUT2D eigenvalue weighted by atomic mass is 10.0. The first-order chi connectivity index (χ1) is 15.1. The summed E-state index contributed by atoms with van der Waals surface area (Å²) in [5.74, 6) is 0.302. The molecule has 2 aromatic rings. The maximum atomic E-state index is 13.4. The van der Waals surface area contributed by atoms with Crippen molar-refractivity contribution in [1.29, 1.82) is 0 Å². The van der Waals surface area contributed by atoms with Crippen LogP contribution in [0.4, 0.5) is 4.39 Å². The highest BCUT2D eigenvalue weighted by atomic mass is 127. The Morgan fingerprint density at radius 3 is 2.53 bits per heavy atom. The zero-order chi connectivity index (χ0) is 22.1. The number of aliphatic imine (C=N–C) groups is 1. The number of halogens is 2. The second-order valence-corrected chi connectivity index (χ2v) is 7.30. The largest absolute Gasteiger partial charge is 0.379 e. The van der Waals surface area contributed by atoms with Crippen molar-refractivity contribution in [1.82, 2.24) is 20.9 Å². The molecule has 0 spiro atoms. The van der Waals surface area contributed by atoms with Crippen LogP contribution in [0.25, 0.3) is 0 Å². The molecule has 2 aromatic carbocycles. The molecular formula is C23H31FIN5O2. The molecular weight excluding hydrogens is 524 g/mol. The molecule has 0 radical (unpaired) electrons. The van der Waals surface area contributed by atoms with Crippen LogP contribution in [0.2, 0.25) is 0 Å². The SMILES string of the molecule is CN=C(NCc1cccc(C(=O)NC)c1)NCC(c1ccc(F)cc1)N1CCOCC1.I. The molecule has 1 unspecified atom stereocenters. The molecule has 1 aliphatic rings. The highest BCUT2D eigenvalue weighted by Crippen LogP contribution is 2.21. The van der Waals surface area contributed by atoms with E-state index < -0.39 is 0 Å². The van der Waals surface area contributed by atoms with Gasteiger partial charge in [0.15, 0.2) is 5.96 Å². The fourth-order valence-corrected chi connectivity index (χ4v) is 3.60. The highest BCUT2D eigenvalue weighted by Gasteiger charge is 2.23. The van der Waals surface area contributed by atoms with Gasteiger partial charge in [-0.3, -0.25) is 14.7 Å². The molecule has 1 aliphatic heterocycles. The molecule has 1 fully saturated rings. The van der Waals surface area contributed by atoms with Gasteiger partial charge in [0.05, 0.1) is 19.3 Å². The summed E-state index contributed by atoms with van der Waals surface area (Å²) in [6.45, 7) is 4.16. The molecule has 3 rings (SSSR count). The second-order valence-electron chi connectivity index (χ2n) is 7.30. The summed E-state index contributed by atoms with van der Waals surface area (Å²) in [6.07, 6.45) is 0. The van der Waals surface area contributed by atoms with Crippen molar-refractivity contribution in [3.05, 3.63) is 71.0 Å².